The Morgan fingerprint density at radius 3 is 2.44 bits per heavy atom. The van der Waals surface area contributed by atoms with Crippen molar-refractivity contribution in [3.05, 3.63) is 62.9 Å². The molecule has 6 heteroatoms. The van der Waals surface area contributed by atoms with E-state index in [4.69, 9.17) is 4.74 Å². The van der Waals surface area contributed by atoms with Crippen LogP contribution in [0.3, 0.4) is 0 Å². The van der Waals surface area contributed by atoms with E-state index < -0.39 is 10.7 Å². The quantitative estimate of drug-likeness (QED) is 0.627. The van der Waals surface area contributed by atoms with Crippen molar-refractivity contribution in [3.8, 4) is 11.5 Å². The van der Waals surface area contributed by atoms with E-state index >= 15 is 0 Å². The Balaban J connectivity index is 2.24. The zero-order valence-corrected chi connectivity index (χ0v) is 10.6. The van der Waals surface area contributed by atoms with E-state index in [0.29, 0.717) is 10.2 Å². The number of nitro groups is 1. The van der Waals surface area contributed by atoms with Crippen LogP contribution in [0.1, 0.15) is 0 Å². The van der Waals surface area contributed by atoms with Gasteiger partial charge in [0.1, 0.15) is 5.75 Å². The molecule has 0 spiro atoms. The van der Waals surface area contributed by atoms with E-state index in [9.17, 15) is 14.5 Å². The van der Waals surface area contributed by atoms with Gasteiger partial charge in [0.05, 0.1) is 9.40 Å². The normalized spacial score (nSPS) is 10.1. The van der Waals surface area contributed by atoms with E-state index in [1.54, 1.807) is 12.1 Å². The topological polar surface area (TPSA) is 52.4 Å². The minimum absolute atomic E-state index is 0.0444. The molecule has 4 nitrogen and oxygen atoms in total. The van der Waals surface area contributed by atoms with Gasteiger partial charge in [-0.2, -0.15) is 0 Å². The zero-order chi connectivity index (χ0) is 13.1. The fourth-order valence-electron chi connectivity index (χ4n) is 1.33. The summed E-state index contributed by atoms with van der Waals surface area (Å²) in [5, 5.41) is 10.5. The highest BCUT2D eigenvalue weighted by Crippen LogP contribution is 2.29. The van der Waals surface area contributed by atoms with Gasteiger partial charge in [-0.05, 0) is 40.2 Å². The first-order valence-corrected chi connectivity index (χ1v) is 5.73. The highest BCUT2D eigenvalue weighted by Gasteiger charge is 2.09. The maximum absolute atomic E-state index is 13.6. The van der Waals surface area contributed by atoms with Gasteiger partial charge in [-0.15, -0.1) is 0 Å². The lowest BCUT2D eigenvalue weighted by Crippen LogP contribution is -1.90. The second kappa shape index (κ2) is 5.14. The third-order valence-electron chi connectivity index (χ3n) is 2.19. The smallest absolute Gasteiger partial charge is 0.269 e. The summed E-state index contributed by atoms with van der Waals surface area (Å²) in [4.78, 5) is 9.96. The number of nitrogens with zero attached hydrogens (tertiary/aromatic N) is 1. The second-order valence-corrected chi connectivity index (χ2v) is 4.26. The van der Waals surface area contributed by atoms with Crippen LogP contribution >= 0.6 is 15.9 Å². The molecule has 18 heavy (non-hydrogen) atoms. The van der Waals surface area contributed by atoms with Crippen molar-refractivity contribution < 1.29 is 14.1 Å². The zero-order valence-electron chi connectivity index (χ0n) is 8.97. The molecule has 0 aliphatic rings. The predicted octanol–water partition coefficient (Wildman–Crippen LogP) is 4.29. The van der Waals surface area contributed by atoms with Crippen LogP contribution < -0.4 is 4.74 Å². The number of hydrogen-bond acceptors (Lipinski definition) is 3. The van der Waals surface area contributed by atoms with Crippen molar-refractivity contribution in [1.82, 2.24) is 0 Å². The Bertz CT molecular complexity index is 586. The monoisotopic (exact) mass is 311 g/mol. The molecule has 2 aromatic rings. The van der Waals surface area contributed by atoms with Crippen molar-refractivity contribution in [1.29, 1.82) is 0 Å². The lowest BCUT2D eigenvalue weighted by atomic mass is 10.3. The Morgan fingerprint density at radius 1 is 1.17 bits per heavy atom. The molecule has 0 amide bonds. The molecule has 0 aromatic heterocycles. The largest absolute Gasteiger partial charge is 0.454 e. The number of benzene rings is 2. The Labute approximate surface area is 110 Å². The Hall–Kier alpha value is -1.95. The molecular formula is C12H7BrFNO3. The molecule has 0 atom stereocenters. The average molecular weight is 312 g/mol. The molecule has 0 fully saturated rings. The second-order valence-electron chi connectivity index (χ2n) is 3.41. The van der Waals surface area contributed by atoms with Gasteiger partial charge in [0, 0.05) is 12.1 Å². The summed E-state index contributed by atoms with van der Waals surface area (Å²) in [6.45, 7) is 0. The molecule has 0 bridgehead atoms. The van der Waals surface area contributed by atoms with Crippen LogP contribution in [0.4, 0.5) is 10.1 Å². The Kier molecular flexibility index (Phi) is 3.57. The number of halogens is 2. The number of nitro benzene ring substituents is 1. The van der Waals surface area contributed by atoms with Crippen LogP contribution in [0.25, 0.3) is 0 Å². The lowest BCUT2D eigenvalue weighted by Gasteiger charge is -2.07. The summed E-state index contributed by atoms with van der Waals surface area (Å²) in [7, 11) is 0. The highest BCUT2D eigenvalue weighted by molar-refractivity contribution is 9.10. The molecule has 92 valence electrons. The van der Waals surface area contributed by atoms with E-state index in [-0.39, 0.29) is 11.4 Å². The minimum atomic E-state index is -0.518. The third kappa shape index (κ3) is 2.65. The molecule has 0 heterocycles. The van der Waals surface area contributed by atoms with E-state index in [0.717, 1.165) is 0 Å². The Morgan fingerprint density at radius 2 is 1.83 bits per heavy atom. The van der Waals surface area contributed by atoms with Gasteiger partial charge in [0.25, 0.3) is 5.69 Å². The van der Waals surface area contributed by atoms with Crippen LogP contribution in [0.2, 0.25) is 0 Å². The van der Waals surface area contributed by atoms with Gasteiger partial charge in [-0.25, -0.2) is 4.39 Å². The number of non-ortho nitro benzene ring substituents is 1. The molecule has 2 aromatic carbocycles. The third-order valence-corrected chi connectivity index (χ3v) is 2.80. The molecule has 0 aliphatic carbocycles. The molecule has 2 rings (SSSR count). The van der Waals surface area contributed by atoms with Gasteiger partial charge in [-0.1, -0.05) is 6.07 Å². The highest BCUT2D eigenvalue weighted by atomic mass is 79.9. The lowest BCUT2D eigenvalue weighted by molar-refractivity contribution is -0.384. The molecule has 0 aliphatic heterocycles. The van der Waals surface area contributed by atoms with Gasteiger partial charge in [-0.3, -0.25) is 10.1 Å². The summed E-state index contributed by atoms with van der Waals surface area (Å²) < 4.78 is 19.2. The van der Waals surface area contributed by atoms with E-state index in [1.165, 1.54) is 30.3 Å². The van der Waals surface area contributed by atoms with Crippen LogP contribution in [0.15, 0.2) is 46.9 Å². The van der Waals surface area contributed by atoms with Gasteiger partial charge in [0.15, 0.2) is 11.6 Å². The van der Waals surface area contributed by atoms with Crippen LogP contribution in [0.5, 0.6) is 11.5 Å². The summed E-state index contributed by atoms with van der Waals surface area (Å²) in [5.41, 5.74) is -0.0444. The van der Waals surface area contributed by atoms with Crippen molar-refractivity contribution in [2.24, 2.45) is 0 Å². The summed E-state index contributed by atoms with van der Waals surface area (Å²) in [6.07, 6.45) is 0. The van der Waals surface area contributed by atoms with E-state index in [2.05, 4.69) is 15.9 Å². The maximum atomic E-state index is 13.6. The summed E-state index contributed by atoms with van der Waals surface area (Å²) in [5.74, 6) is -0.133. The first-order valence-electron chi connectivity index (χ1n) is 4.94. The van der Waals surface area contributed by atoms with Crippen molar-refractivity contribution in [2.75, 3.05) is 0 Å². The first-order chi connectivity index (χ1) is 8.58. The van der Waals surface area contributed by atoms with Crippen molar-refractivity contribution >= 4 is 21.6 Å². The minimum Gasteiger partial charge on any atom is -0.454 e. The maximum Gasteiger partial charge on any atom is 0.269 e. The molecular weight excluding hydrogens is 305 g/mol. The average Bonchev–Trinajstić information content (AvgIpc) is 2.36. The van der Waals surface area contributed by atoms with Crippen molar-refractivity contribution in [3.63, 3.8) is 0 Å². The van der Waals surface area contributed by atoms with Crippen LogP contribution in [0, 0.1) is 15.9 Å². The van der Waals surface area contributed by atoms with Gasteiger partial charge >= 0.3 is 0 Å². The number of ether oxygens (including phenoxy) is 1. The molecule has 0 saturated heterocycles. The number of rotatable bonds is 3. The van der Waals surface area contributed by atoms with E-state index in [1.807, 2.05) is 0 Å². The molecule has 0 N–H and O–H groups in total. The van der Waals surface area contributed by atoms with Gasteiger partial charge in [0.2, 0.25) is 0 Å². The van der Waals surface area contributed by atoms with Crippen molar-refractivity contribution in [2.45, 2.75) is 0 Å². The standard InChI is InChI=1S/C12H7BrFNO3/c13-10-2-1-3-11(12(10)14)18-9-6-4-8(5-7-9)15(16)17/h1-7H. The molecule has 0 radical (unpaired) electrons. The fourth-order valence-corrected chi connectivity index (χ4v) is 1.67. The summed E-state index contributed by atoms with van der Waals surface area (Å²) in [6, 6.07) is 10.1. The fraction of sp³-hybridized carbons (Fsp3) is 0. The number of hydrogen-bond donors (Lipinski definition) is 0. The van der Waals surface area contributed by atoms with Gasteiger partial charge < -0.3 is 4.74 Å². The predicted molar refractivity (Wildman–Crippen MR) is 67.3 cm³/mol. The molecule has 0 saturated carbocycles. The molecule has 0 unspecified atom stereocenters. The SMILES string of the molecule is O=[N+]([O-])c1ccc(Oc2cccc(Br)c2F)cc1. The first kappa shape index (κ1) is 12.5. The van der Waals surface area contributed by atoms with Crippen LogP contribution in [-0.2, 0) is 0 Å². The van der Waals surface area contributed by atoms with Crippen LogP contribution in [-0.4, -0.2) is 4.92 Å². The summed E-state index contributed by atoms with van der Waals surface area (Å²) >= 11 is 3.05.